The molecule has 1 saturated heterocycles. The van der Waals surface area contributed by atoms with Crippen molar-refractivity contribution in [1.29, 1.82) is 0 Å². The molecule has 18 heavy (non-hydrogen) atoms. The molecular weight excluding hydrogens is 224 g/mol. The first-order valence-corrected chi connectivity index (χ1v) is 7.60. The molecule has 2 rings (SSSR count). The van der Waals surface area contributed by atoms with Gasteiger partial charge in [0.2, 0.25) is 5.91 Å². The molecule has 1 unspecified atom stereocenters. The van der Waals surface area contributed by atoms with Gasteiger partial charge in [0, 0.05) is 6.54 Å². The van der Waals surface area contributed by atoms with Crippen LogP contribution in [0.3, 0.4) is 0 Å². The zero-order valence-electron chi connectivity index (χ0n) is 12.1. The molecule has 1 atom stereocenters. The fraction of sp³-hybridized carbons (Fsp3) is 0.933. The van der Waals surface area contributed by atoms with Crippen LogP contribution in [0.15, 0.2) is 0 Å². The second-order valence-corrected chi connectivity index (χ2v) is 6.60. The molecule has 1 heterocycles. The summed E-state index contributed by atoms with van der Waals surface area (Å²) in [6.07, 6.45) is 6.69. The molecule has 2 fully saturated rings. The Kier molecular flexibility index (Phi) is 4.66. The van der Waals surface area contributed by atoms with Crippen LogP contribution in [-0.4, -0.2) is 30.1 Å². The second kappa shape index (κ2) is 6.05. The molecule has 0 aromatic rings. The van der Waals surface area contributed by atoms with E-state index in [1.165, 1.54) is 32.1 Å². The number of rotatable bonds is 4. The first kappa shape index (κ1) is 13.9. The fourth-order valence-corrected chi connectivity index (χ4v) is 3.24. The van der Waals surface area contributed by atoms with Crippen LogP contribution >= 0.6 is 0 Å². The van der Waals surface area contributed by atoms with Crippen LogP contribution in [-0.2, 0) is 4.79 Å². The standard InChI is InChI=1S/C15H28N2O/c1-11(2)14-15(18)17(10-16-14)9-8-13-6-4-12(3)5-7-13/h11-14,16H,4-10H2,1-3H3. The third-order valence-corrected chi connectivity index (χ3v) is 4.69. The van der Waals surface area contributed by atoms with Gasteiger partial charge in [0.15, 0.2) is 0 Å². The van der Waals surface area contributed by atoms with E-state index < -0.39 is 0 Å². The van der Waals surface area contributed by atoms with Crippen molar-refractivity contribution in [2.24, 2.45) is 17.8 Å². The van der Waals surface area contributed by atoms with Crippen molar-refractivity contribution >= 4 is 5.91 Å². The highest BCUT2D eigenvalue weighted by Crippen LogP contribution is 2.30. The van der Waals surface area contributed by atoms with Crippen molar-refractivity contribution in [1.82, 2.24) is 10.2 Å². The molecule has 0 bridgehead atoms. The van der Waals surface area contributed by atoms with Crippen molar-refractivity contribution < 1.29 is 4.79 Å². The van der Waals surface area contributed by atoms with Gasteiger partial charge in [-0.3, -0.25) is 10.1 Å². The van der Waals surface area contributed by atoms with Gasteiger partial charge in [-0.25, -0.2) is 0 Å². The molecule has 3 heteroatoms. The van der Waals surface area contributed by atoms with Gasteiger partial charge in [0.25, 0.3) is 0 Å². The molecule has 1 saturated carbocycles. The van der Waals surface area contributed by atoms with Gasteiger partial charge in [-0.1, -0.05) is 46.5 Å². The Morgan fingerprint density at radius 1 is 1.28 bits per heavy atom. The normalized spacial score (nSPS) is 33.4. The van der Waals surface area contributed by atoms with Gasteiger partial charge < -0.3 is 4.90 Å². The predicted molar refractivity (Wildman–Crippen MR) is 74.1 cm³/mol. The van der Waals surface area contributed by atoms with Crippen molar-refractivity contribution in [3.05, 3.63) is 0 Å². The van der Waals surface area contributed by atoms with E-state index in [0.29, 0.717) is 11.8 Å². The monoisotopic (exact) mass is 252 g/mol. The smallest absolute Gasteiger partial charge is 0.241 e. The maximum atomic E-state index is 12.1. The minimum absolute atomic E-state index is 0.0522. The number of hydrogen-bond acceptors (Lipinski definition) is 2. The van der Waals surface area contributed by atoms with E-state index in [-0.39, 0.29) is 6.04 Å². The number of carbonyl (C=O) groups excluding carboxylic acids is 1. The van der Waals surface area contributed by atoms with E-state index in [0.717, 1.165) is 25.0 Å². The summed E-state index contributed by atoms with van der Waals surface area (Å²) in [5, 5.41) is 3.33. The van der Waals surface area contributed by atoms with Gasteiger partial charge in [-0.2, -0.15) is 0 Å². The molecule has 104 valence electrons. The highest BCUT2D eigenvalue weighted by molar-refractivity contribution is 5.83. The van der Waals surface area contributed by atoms with Crippen molar-refractivity contribution in [2.75, 3.05) is 13.2 Å². The summed E-state index contributed by atoms with van der Waals surface area (Å²) in [7, 11) is 0. The van der Waals surface area contributed by atoms with Gasteiger partial charge in [0.05, 0.1) is 12.7 Å². The second-order valence-electron chi connectivity index (χ2n) is 6.60. The maximum Gasteiger partial charge on any atom is 0.241 e. The van der Waals surface area contributed by atoms with Crippen LogP contribution in [0.1, 0.15) is 52.9 Å². The van der Waals surface area contributed by atoms with Gasteiger partial charge in [-0.15, -0.1) is 0 Å². The minimum Gasteiger partial charge on any atom is -0.329 e. The first-order valence-electron chi connectivity index (χ1n) is 7.60. The molecule has 0 spiro atoms. The predicted octanol–water partition coefficient (Wildman–Crippen LogP) is 2.62. The van der Waals surface area contributed by atoms with Crippen molar-refractivity contribution in [2.45, 2.75) is 58.9 Å². The summed E-state index contributed by atoms with van der Waals surface area (Å²) in [5.41, 5.74) is 0. The largest absolute Gasteiger partial charge is 0.329 e. The van der Waals surface area contributed by atoms with Gasteiger partial charge >= 0.3 is 0 Å². The topological polar surface area (TPSA) is 32.3 Å². The number of hydrogen-bond donors (Lipinski definition) is 1. The van der Waals surface area contributed by atoms with Gasteiger partial charge in [0.1, 0.15) is 0 Å². The summed E-state index contributed by atoms with van der Waals surface area (Å²) in [5.74, 6) is 2.49. The van der Waals surface area contributed by atoms with Crippen LogP contribution in [0.2, 0.25) is 0 Å². The Bertz CT molecular complexity index is 282. The summed E-state index contributed by atoms with van der Waals surface area (Å²) in [4.78, 5) is 14.2. The molecule has 0 aromatic carbocycles. The lowest BCUT2D eigenvalue weighted by Gasteiger charge is -2.27. The van der Waals surface area contributed by atoms with E-state index in [9.17, 15) is 4.79 Å². The molecule has 2 aliphatic rings. The van der Waals surface area contributed by atoms with E-state index in [2.05, 4.69) is 26.1 Å². The Morgan fingerprint density at radius 3 is 2.50 bits per heavy atom. The molecule has 1 aliphatic heterocycles. The number of carbonyl (C=O) groups is 1. The summed E-state index contributed by atoms with van der Waals surface area (Å²) in [6.45, 7) is 8.29. The van der Waals surface area contributed by atoms with Crippen molar-refractivity contribution in [3.63, 3.8) is 0 Å². The summed E-state index contributed by atoms with van der Waals surface area (Å²) >= 11 is 0. The van der Waals surface area contributed by atoms with Crippen LogP contribution in [0.25, 0.3) is 0 Å². The molecule has 1 amide bonds. The fourth-order valence-electron chi connectivity index (χ4n) is 3.24. The minimum atomic E-state index is 0.0522. The Balaban J connectivity index is 1.73. The maximum absolute atomic E-state index is 12.1. The third-order valence-electron chi connectivity index (χ3n) is 4.69. The first-order chi connectivity index (χ1) is 8.58. The van der Waals surface area contributed by atoms with Crippen LogP contribution < -0.4 is 5.32 Å². The average Bonchev–Trinajstić information content (AvgIpc) is 2.70. The Hall–Kier alpha value is -0.570. The van der Waals surface area contributed by atoms with Crippen LogP contribution in [0.4, 0.5) is 0 Å². The average molecular weight is 252 g/mol. The molecule has 0 radical (unpaired) electrons. The zero-order valence-corrected chi connectivity index (χ0v) is 12.1. The lowest BCUT2D eigenvalue weighted by atomic mass is 9.81. The quantitative estimate of drug-likeness (QED) is 0.834. The summed E-state index contributed by atoms with van der Waals surface area (Å²) < 4.78 is 0. The van der Waals surface area contributed by atoms with Crippen LogP contribution in [0.5, 0.6) is 0 Å². The van der Waals surface area contributed by atoms with E-state index in [1.807, 2.05) is 4.90 Å². The molecule has 1 N–H and O–H groups in total. The number of nitrogens with one attached hydrogen (secondary N) is 1. The summed E-state index contributed by atoms with van der Waals surface area (Å²) in [6, 6.07) is 0.0522. The Labute approximate surface area is 111 Å². The molecular formula is C15H28N2O. The highest BCUT2D eigenvalue weighted by atomic mass is 16.2. The lowest BCUT2D eigenvalue weighted by Crippen LogP contribution is -2.35. The Morgan fingerprint density at radius 2 is 1.94 bits per heavy atom. The number of amides is 1. The zero-order chi connectivity index (χ0) is 13.1. The molecule has 1 aliphatic carbocycles. The lowest BCUT2D eigenvalue weighted by molar-refractivity contribution is -0.129. The molecule has 0 aromatic heterocycles. The number of nitrogens with zero attached hydrogens (tertiary/aromatic N) is 1. The van der Waals surface area contributed by atoms with E-state index in [4.69, 9.17) is 0 Å². The molecule has 3 nitrogen and oxygen atoms in total. The van der Waals surface area contributed by atoms with E-state index in [1.54, 1.807) is 0 Å². The SMILES string of the molecule is CC1CCC(CCN2CNC(C(C)C)C2=O)CC1. The third kappa shape index (κ3) is 3.25. The van der Waals surface area contributed by atoms with Gasteiger partial charge in [-0.05, 0) is 24.2 Å². The van der Waals surface area contributed by atoms with E-state index >= 15 is 0 Å². The van der Waals surface area contributed by atoms with Crippen LogP contribution in [0, 0.1) is 17.8 Å². The van der Waals surface area contributed by atoms with Crippen molar-refractivity contribution in [3.8, 4) is 0 Å². The highest BCUT2D eigenvalue weighted by Gasteiger charge is 2.33.